The van der Waals surface area contributed by atoms with E-state index in [0.29, 0.717) is 12.0 Å². The zero-order valence-electron chi connectivity index (χ0n) is 10.0. The third-order valence-corrected chi connectivity index (χ3v) is 3.28. The minimum absolute atomic E-state index is 0.319. The molecule has 16 heavy (non-hydrogen) atoms. The van der Waals surface area contributed by atoms with E-state index >= 15 is 0 Å². The van der Waals surface area contributed by atoms with Gasteiger partial charge in [0.1, 0.15) is 11.9 Å². The topological polar surface area (TPSA) is 21.3 Å². The van der Waals surface area contributed by atoms with Crippen LogP contribution in [0.15, 0.2) is 12.1 Å². The molecular weight excluding hydrogens is 222 g/mol. The summed E-state index contributed by atoms with van der Waals surface area (Å²) in [6.07, 6.45) is 0.319. The summed E-state index contributed by atoms with van der Waals surface area (Å²) in [5.41, 5.74) is 2.27. The van der Waals surface area contributed by atoms with Crippen molar-refractivity contribution in [3.05, 3.63) is 28.3 Å². The zero-order valence-corrected chi connectivity index (χ0v) is 10.8. The number of rotatable bonds is 3. The van der Waals surface area contributed by atoms with E-state index in [1.54, 1.807) is 0 Å². The number of nitrogens with one attached hydrogen (secondary N) is 1. The van der Waals surface area contributed by atoms with E-state index < -0.39 is 0 Å². The van der Waals surface area contributed by atoms with Gasteiger partial charge >= 0.3 is 0 Å². The second-order valence-electron chi connectivity index (χ2n) is 4.69. The largest absolute Gasteiger partial charge is 0.487 e. The van der Waals surface area contributed by atoms with Gasteiger partial charge in [0.05, 0.1) is 0 Å². The first-order chi connectivity index (χ1) is 7.58. The number of hydrogen-bond acceptors (Lipinski definition) is 2. The van der Waals surface area contributed by atoms with Crippen LogP contribution < -0.4 is 10.1 Å². The molecule has 0 atom stereocenters. The maximum atomic E-state index is 6.21. The van der Waals surface area contributed by atoms with Crippen LogP contribution >= 0.6 is 11.6 Å². The molecule has 2 nitrogen and oxygen atoms in total. The predicted octanol–water partition coefficient (Wildman–Crippen LogP) is 3.12. The Kier molecular flexibility index (Phi) is 3.41. The van der Waals surface area contributed by atoms with Crippen molar-refractivity contribution in [2.45, 2.75) is 32.8 Å². The standard InChI is InChI=1S/C13H18ClNO/c1-8(2)11-5-13(9(3)4-12(11)14)16-10-6-15-7-10/h4-5,8,10,15H,6-7H2,1-3H3. The summed E-state index contributed by atoms with van der Waals surface area (Å²) >= 11 is 6.21. The summed E-state index contributed by atoms with van der Waals surface area (Å²) in [4.78, 5) is 0. The van der Waals surface area contributed by atoms with E-state index in [1.807, 2.05) is 13.0 Å². The molecule has 1 aromatic rings. The number of hydrogen-bond donors (Lipinski definition) is 1. The summed E-state index contributed by atoms with van der Waals surface area (Å²) in [7, 11) is 0. The molecule has 1 saturated heterocycles. The van der Waals surface area contributed by atoms with Crippen molar-refractivity contribution in [2.24, 2.45) is 0 Å². The van der Waals surface area contributed by atoms with Crippen molar-refractivity contribution in [1.82, 2.24) is 5.32 Å². The minimum atomic E-state index is 0.319. The summed E-state index contributed by atoms with van der Waals surface area (Å²) in [5.74, 6) is 1.40. The Bertz CT molecular complexity index is 386. The molecule has 0 aliphatic carbocycles. The molecule has 88 valence electrons. The Morgan fingerprint density at radius 1 is 1.38 bits per heavy atom. The van der Waals surface area contributed by atoms with E-state index in [-0.39, 0.29) is 0 Å². The van der Waals surface area contributed by atoms with Crippen LogP contribution in [0.3, 0.4) is 0 Å². The molecule has 1 heterocycles. The number of halogens is 1. The van der Waals surface area contributed by atoms with E-state index in [0.717, 1.165) is 35.0 Å². The number of ether oxygens (including phenoxy) is 1. The average molecular weight is 240 g/mol. The van der Waals surface area contributed by atoms with Crippen LogP contribution in [-0.2, 0) is 0 Å². The molecule has 2 rings (SSSR count). The van der Waals surface area contributed by atoms with Crippen molar-refractivity contribution in [3.8, 4) is 5.75 Å². The van der Waals surface area contributed by atoms with Crippen LogP contribution in [0.2, 0.25) is 5.02 Å². The van der Waals surface area contributed by atoms with Crippen molar-refractivity contribution >= 4 is 11.6 Å². The van der Waals surface area contributed by atoms with Gasteiger partial charge in [0, 0.05) is 18.1 Å². The predicted molar refractivity (Wildman–Crippen MR) is 67.6 cm³/mol. The Hall–Kier alpha value is -0.730. The Morgan fingerprint density at radius 2 is 2.06 bits per heavy atom. The molecule has 0 spiro atoms. The molecule has 1 aliphatic heterocycles. The highest BCUT2D eigenvalue weighted by Crippen LogP contribution is 2.32. The van der Waals surface area contributed by atoms with E-state index in [1.165, 1.54) is 0 Å². The van der Waals surface area contributed by atoms with Crippen LogP contribution in [0.25, 0.3) is 0 Å². The molecule has 1 aromatic carbocycles. The van der Waals surface area contributed by atoms with Crippen LogP contribution in [0.4, 0.5) is 0 Å². The fourth-order valence-electron chi connectivity index (χ4n) is 1.76. The van der Waals surface area contributed by atoms with Gasteiger partial charge in [-0.3, -0.25) is 0 Å². The monoisotopic (exact) mass is 239 g/mol. The summed E-state index contributed by atoms with van der Waals surface area (Å²) < 4.78 is 5.91. The summed E-state index contributed by atoms with van der Waals surface area (Å²) in [6.45, 7) is 8.21. The second-order valence-corrected chi connectivity index (χ2v) is 5.10. The second kappa shape index (κ2) is 4.64. The molecule has 0 amide bonds. The van der Waals surface area contributed by atoms with E-state index in [9.17, 15) is 0 Å². The molecule has 1 fully saturated rings. The lowest BCUT2D eigenvalue weighted by atomic mass is 10.0. The lowest BCUT2D eigenvalue weighted by Gasteiger charge is -2.29. The maximum absolute atomic E-state index is 6.21. The van der Waals surface area contributed by atoms with Crippen molar-refractivity contribution < 1.29 is 4.74 Å². The molecule has 3 heteroatoms. The molecule has 0 radical (unpaired) electrons. The Balaban J connectivity index is 2.25. The third-order valence-electron chi connectivity index (χ3n) is 2.95. The maximum Gasteiger partial charge on any atom is 0.123 e. The quantitative estimate of drug-likeness (QED) is 0.875. The van der Waals surface area contributed by atoms with Gasteiger partial charge in [-0.05, 0) is 36.1 Å². The van der Waals surface area contributed by atoms with E-state index in [2.05, 4.69) is 25.2 Å². The first-order valence-electron chi connectivity index (χ1n) is 5.75. The zero-order chi connectivity index (χ0) is 11.7. The van der Waals surface area contributed by atoms with Gasteiger partial charge < -0.3 is 10.1 Å². The van der Waals surface area contributed by atoms with Crippen molar-refractivity contribution in [2.75, 3.05) is 13.1 Å². The van der Waals surface area contributed by atoms with Crippen molar-refractivity contribution in [1.29, 1.82) is 0 Å². The Labute approximate surface area is 102 Å². The van der Waals surface area contributed by atoms with Crippen LogP contribution in [0.1, 0.15) is 30.9 Å². The fraction of sp³-hybridized carbons (Fsp3) is 0.538. The molecule has 1 N–H and O–H groups in total. The molecule has 0 saturated carbocycles. The highest BCUT2D eigenvalue weighted by atomic mass is 35.5. The highest BCUT2D eigenvalue weighted by molar-refractivity contribution is 6.31. The fourth-order valence-corrected chi connectivity index (χ4v) is 2.20. The average Bonchev–Trinajstić information content (AvgIpc) is 2.13. The first-order valence-corrected chi connectivity index (χ1v) is 6.13. The minimum Gasteiger partial charge on any atom is -0.487 e. The number of aryl methyl sites for hydroxylation is 1. The lowest BCUT2D eigenvalue weighted by Crippen LogP contribution is -2.50. The van der Waals surface area contributed by atoms with Gasteiger partial charge in [0.15, 0.2) is 0 Å². The van der Waals surface area contributed by atoms with Crippen LogP contribution in [0.5, 0.6) is 5.75 Å². The van der Waals surface area contributed by atoms with Crippen LogP contribution in [-0.4, -0.2) is 19.2 Å². The normalized spacial score (nSPS) is 16.3. The Morgan fingerprint density at radius 3 is 2.56 bits per heavy atom. The van der Waals surface area contributed by atoms with E-state index in [4.69, 9.17) is 16.3 Å². The highest BCUT2D eigenvalue weighted by Gasteiger charge is 2.20. The van der Waals surface area contributed by atoms with Gasteiger partial charge in [-0.15, -0.1) is 0 Å². The van der Waals surface area contributed by atoms with Gasteiger partial charge in [-0.25, -0.2) is 0 Å². The van der Waals surface area contributed by atoms with Gasteiger partial charge in [-0.1, -0.05) is 25.4 Å². The third kappa shape index (κ3) is 2.33. The molecule has 0 bridgehead atoms. The van der Waals surface area contributed by atoms with Crippen LogP contribution in [0, 0.1) is 6.92 Å². The lowest BCUT2D eigenvalue weighted by molar-refractivity contribution is 0.141. The molecule has 0 unspecified atom stereocenters. The smallest absolute Gasteiger partial charge is 0.123 e. The molecule has 0 aromatic heterocycles. The molecule has 1 aliphatic rings. The van der Waals surface area contributed by atoms with Gasteiger partial charge in [0.25, 0.3) is 0 Å². The molecular formula is C13H18ClNO. The summed E-state index contributed by atoms with van der Waals surface area (Å²) in [5, 5.41) is 4.04. The number of benzene rings is 1. The van der Waals surface area contributed by atoms with Gasteiger partial charge in [-0.2, -0.15) is 0 Å². The summed E-state index contributed by atoms with van der Waals surface area (Å²) in [6, 6.07) is 4.08. The first kappa shape index (κ1) is 11.7. The van der Waals surface area contributed by atoms with Gasteiger partial charge in [0.2, 0.25) is 0 Å². The SMILES string of the molecule is Cc1cc(Cl)c(C(C)C)cc1OC1CNC1. The van der Waals surface area contributed by atoms with Crippen molar-refractivity contribution in [3.63, 3.8) is 0 Å².